The third-order valence-electron chi connectivity index (χ3n) is 4.19. The second-order valence-electron chi connectivity index (χ2n) is 5.39. The molecule has 0 spiro atoms. The molecule has 17 heavy (non-hydrogen) atoms. The molecule has 1 saturated heterocycles. The van der Waals surface area contributed by atoms with Gasteiger partial charge in [-0.15, -0.1) is 0 Å². The summed E-state index contributed by atoms with van der Waals surface area (Å²) in [5.74, 6) is -0.353. The lowest BCUT2D eigenvalue weighted by Gasteiger charge is -2.18. The van der Waals surface area contributed by atoms with Gasteiger partial charge in [-0.3, -0.25) is 4.79 Å². The molecule has 0 bridgehead atoms. The van der Waals surface area contributed by atoms with Crippen LogP contribution in [0.1, 0.15) is 32.1 Å². The molecule has 98 valence electrons. The summed E-state index contributed by atoms with van der Waals surface area (Å²) in [7, 11) is 0. The molecule has 4 heteroatoms. The van der Waals surface area contributed by atoms with Crippen LogP contribution in [0.4, 0.5) is 0 Å². The Hall–Kier alpha value is -0.610. The van der Waals surface area contributed by atoms with Crippen LogP contribution in [0.2, 0.25) is 0 Å². The fourth-order valence-corrected chi connectivity index (χ4v) is 3.14. The summed E-state index contributed by atoms with van der Waals surface area (Å²) in [5, 5.41) is 12.5. The molecule has 2 aliphatic rings. The lowest BCUT2D eigenvalue weighted by molar-refractivity contribution is -0.142. The number of nitrogens with one attached hydrogen (secondary N) is 1. The average Bonchev–Trinajstić information content (AvgIpc) is 2.95. The van der Waals surface area contributed by atoms with Gasteiger partial charge in [0, 0.05) is 13.1 Å². The van der Waals surface area contributed by atoms with Gasteiger partial charge in [0.15, 0.2) is 0 Å². The van der Waals surface area contributed by atoms with E-state index in [1.165, 1.54) is 25.9 Å². The van der Waals surface area contributed by atoms with E-state index in [0.29, 0.717) is 5.92 Å². The van der Waals surface area contributed by atoms with Crippen LogP contribution in [-0.2, 0) is 4.79 Å². The Morgan fingerprint density at radius 2 is 2.00 bits per heavy atom. The maximum absolute atomic E-state index is 11.0. The lowest BCUT2D eigenvalue weighted by Crippen LogP contribution is -2.34. The van der Waals surface area contributed by atoms with Crippen LogP contribution in [0.3, 0.4) is 0 Å². The van der Waals surface area contributed by atoms with E-state index in [4.69, 9.17) is 5.11 Å². The number of hydrogen-bond acceptors (Lipinski definition) is 3. The summed E-state index contributed by atoms with van der Waals surface area (Å²) >= 11 is 0. The Bertz CT molecular complexity index is 252. The van der Waals surface area contributed by atoms with Crippen molar-refractivity contribution >= 4 is 5.97 Å². The van der Waals surface area contributed by atoms with E-state index in [1.807, 2.05) is 0 Å². The Morgan fingerprint density at radius 3 is 2.71 bits per heavy atom. The Labute approximate surface area is 103 Å². The van der Waals surface area contributed by atoms with Crippen molar-refractivity contribution in [1.82, 2.24) is 10.2 Å². The summed E-state index contributed by atoms with van der Waals surface area (Å²) < 4.78 is 0. The molecule has 0 amide bonds. The van der Waals surface area contributed by atoms with E-state index in [1.54, 1.807) is 0 Å². The van der Waals surface area contributed by atoms with Gasteiger partial charge in [0.05, 0.1) is 5.92 Å². The number of hydrogen-bond donors (Lipinski definition) is 2. The van der Waals surface area contributed by atoms with Crippen LogP contribution in [0.15, 0.2) is 0 Å². The van der Waals surface area contributed by atoms with Crippen molar-refractivity contribution in [3.05, 3.63) is 0 Å². The molecule has 2 unspecified atom stereocenters. The standard InChI is InChI=1S/C13H24N2O2/c16-13(17)12-5-3-4-11(12)10-14-6-9-15-7-1-2-8-15/h11-12,14H,1-10H2,(H,16,17). The molecular formula is C13H24N2O2. The van der Waals surface area contributed by atoms with Crippen molar-refractivity contribution < 1.29 is 9.90 Å². The first-order valence-electron chi connectivity index (χ1n) is 6.93. The van der Waals surface area contributed by atoms with Crippen molar-refractivity contribution in [1.29, 1.82) is 0 Å². The highest BCUT2D eigenvalue weighted by molar-refractivity contribution is 5.70. The van der Waals surface area contributed by atoms with Crippen LogP contribution >= 0.6 is 0 Å². The van der Waals surface area contributed by atoms with Crippen molar-refractivity contribution in [2.45, 2.75) is 32.1 Å². The SMILES string of the molecule is O=C(O)C1CCCC1CNCCN1CCCC1. The van der Waals surface area contributed by atoms with Crippen molar-refractivity contribution in [3.63, 3.8) is 0 Å². The molecule has 4 nitrogen and oxygen atoms in total. The number of carboxylic acids is 1. The topological polar surface area (TPSA) is 52.6 Å². The van der Waals surface area contributed by atoms with Crippen molar-refractivity contribution in [2.75, 3.05) is 32.7 Å². The monoisotopic (exact) mass is 240 g/mol. The maximum Gasteiger partial charge on any atom is 0.306 e. The molecular weight excluding hydrogens is 216 g/mol. The minimum Gasteiger partial charge on any atom is -0.481 e. The van der Waals surface area contributed by atoms with Gasteiger partial charge < -0.3 is 15.3 Å². The van der Waals surface area contributed by atoms with E-state index in [9.17, 15) is 4.79 Å². The minimum atomic E-state index is -0.603. The normalized spacial score (nSPS) is 29.9. The van der Waals surface area contributed by atoms with Gasteiger partial charge in [-0.1, -0.05) is 6.42 Å². The van der Waals surface area contributed by atoms with E-state index in [0.717, 1.165) is 38.9 Å². The first-order valence-corrected chi connectivity index (χ1v) is 6.93. The quantitative estimate of drug-likeness (QED) is 0.684. The van der Waals surface area contributed by atoms with Crippen LogP contribution in [0, 0.1) is 11.8 Å². The molecule has 1 heterocycles. The molecule has 1 saturated carbocycles. The van der Waals surface area contributed by atoms with E-state index >= 15 is 0 Å². The number of carboxylic acid groups (broad SMARTS) is 1. The fourth-order valence-electron chi connectivity index (χ4n) is 3.14. The molecule has 1 aliphatic heterocycles. The van der Waals surface area contributed by atoms with Crippen LogP contribution in [0.25, 0.3) is 0 Å². The zero-order valence-electron chi connectivity index (χ0n) is 10.5. The van der Waals surface area contributed by atoms with E-state index in [-0.39, 0.29) is 5.92 Å². The van der Waals surface area contributed by atoms with Gasteiger partial charge >= 0.3 is 5.97 Å². The molecule has 1 aliphatic carbocycles. The molecule has 2 fully saturated rings. The predicted octanol–water partition coefficient (Wildman–Crippen LogP) is 1.17. The summed E-state index contributed by atoms with van der Waals surface area (Å²) in [6.45, 7) is 5.48. The minimum absolute atomic E-state index is 0.103. The summed E-state index contributed by atoms with van der Waals surface area (Å²) in [5.41, 5.74) is 0. The van der Waals surface area contributed by atoms with Crippen LogP contribution in [-0.4, -0.2) is 48.7 Å². The summed E-state index contributed by atoms with van der Waals surface area (Å²) in [6.07, 6.45) is 5.70. The van der Waals surface area contributed by atoms with Gasteiger partial charge in [0.25, 0.3) is 0 Å². The number of aliphatic carboxylic acids is 1. The fraction of sp³-hybridized carbons (Fsp3) is 0.923. The van der Waals surface area contributed by atoms with E-state index < -0.39 is 5.97 Å². The largest absolute Gasteiger partial charge is 0.481 e. The zero-order valence-corrected chi connectivity index (χ0v) is 10.5. The van der Waals surface area contributed by atoms with E-state index in [2.05, 4.69) is 10.2 Å². The molecule has 0 radical (unpaired) electrons. The third-order valence-corrected chi connectivity index (χ3v) is 4.19. The van der Waals surface area contributed by atoms with Crippen LogP contribution in [0.5, 0.6) is 0 Å². The van der Waals surface area contributed by atoms with Gasteiger partial charge in [-0.2, -0.15) is 0 Å². The third kappa shape index (κ3) is 3.68. The molecule has 2 N–H and O–H groups in total. The number of carbonyl (C=O) groups is 1. The summed E-state index contributed by atoms with van der Waals surface area (Å²) in [6, 6.07) is 0. The smallest absolute Gasteiger partial charge is 0.306 e. The van der Waals surface area contributed by atoms with Gasteiger partial charge in [-0.05, 0) is 51.2 Å². The maximum atomic E-state index is 11.0. The number of nitrogens with zero attached hydrogens (tertiary/aromatic N) is 1. The highest BCUT2D eigenvalue weighted by atomic mass is 16.4. The number of rotatable bonds is 6. The Morgan fingerprint density at radius 1 is 1.24 bits per heavy atom. The zero-order chi connectivity index (χ0) is 12.1. The molecule has 0 aromatic carbocycles. The molecule has 0 aromatic heterocycles. The first kappa shape index (κ1) is 12.8. The van der Waals surface area contributed by atoms with Crippen molar-refractivity contribution in [2.24, 2.45) is 11.8 Å². The highest BCUT2D eigenvalue weighted by Gasteiger charge is 2.32. The number of likely N-dealkylation sites (tertiary alicyclic amines) is 1. The predicted molar refractivity (Wildman–Crippen MR) is 67.0 cm³/mol. The average molecular weight is 240 g/mol. The highest BCUT2D eigenvalue weighted by Crippen LogP contribution is 2.31. The van der Waals surface area contributed by atoms with Gasteiger partial charge in [0.2, 0.25) is 0 Å². The molecule has 0 aromatic rings. The van der Waals surface area contributed by atoms with Gasteiger partial charge in [-0.25, -0.2) is 0 Å². The second kappa shape index (κ2) is 6.36. The Balaban J connectivity index is 1.59. The molecule has 2 rings (SSSR count). The lowest BCUT2D eigenvalue weighted by atomic mass is 9.96. The second-order valence-corrected chi connectivity index (χ2v) is 5.39. The van der Waals surface area contributed by atoms with Crippen LogP contribution < -0.4 is 5.32 Å². The van der Waals surface area contributed by atoms with Crippen molar-refractivity contribution in [3.8, 4) is 0 Å². The van der Waals surface area contributed by atoms with Gasteiger partial charge in [0.1, 0.15) is 0 Å². The molecule has 2 atom stereocenters. The summed E-state index contributed by atoms with van der Waals surface area (Å²) in [4.78, 5) is 13.5. The first-order chi connectivity index (χ1) is 8.27. The Kier molecular flexibility index (Phi) is 4.80.